The van der Waals surface area contributed by atoms with Crippen molar-refractivity contribution in [2.75, 3.05) is 12.8 Å². The van der Waals surface area contributed by atoms with E-state index in [1.165, 1.54) is 12.1 Å². The van der Waals surface area contributed by atoms with Crippen molar-refractivity contribution in [3.8, 4) is 0 Å². The number of sulfonamides is 1. The van der Waals surface area contributed by atoms with Gasteiger partial charge in [0.1, 0.15) is 5.82 Å². The monoisotopic (exact) mass is 472 g/mol. The van der Waals surface area contributed by atoms with Gasteiger partial charge < -0.3 is 5.32 Å². The molecule has 0 fully saturated rings. The van der Waals surface area contributed by atoms with Crippen LogP contribution in [-0.4, -0.2) is 31.4 Å². The Morgan fingerprint density at radius 3 is 2.22 bits per heavy atom. The molecule has 32 heavy (non-hydrogen) atoms. The molecule has 3 rings (SSSR count). The number of thioether (sulfide) groups is 1. The minimum atomic E-state index is -4.02. The number of rotatable bonds is 9. The SMILES string of the molecule is CSc1ccc(C(C)NC(=O)CN(Cc2ccccc2)S(=O)(=O)c2ccc(F)cc2)cc1. The molecule has 0 spiro atoms. The molecular formula is C24H25FN2O3S2. The molecule has 8 heteroatoms. The van der Waals surface area contributed by atoms with Crippen LogP contribution < -0.4 is 5.32 Å². The Labute approximate surface area is 192 Å². The summed E-state index contributed by atoms with van der Waals surface area (Å²) in [6.45, 7) is 1.51. The maximum atomic E-state index is 13.3. The van der Waals surface area contributed by atoms with E-state index in [-0.39, 0.29) is 24.0 Å². The Kier molecular flexibility index (Phi) is 8.06. The van der Waals surface area contributed by atoms with Crippen LogP contribution in [0.2, 0.25) is 0 Å². The van der Waals surface area contributed by atoms with Gasteiger partial charge in [0, 0.05) is 11.4 Å². The first-order chi connectivity index (χ1) is 15.3. The largest absolute Gasteiger partial charge is 0.348 e. The summed E-state index contributed by atoms with van der Waals surface area (Å²) in [5, 5.41) is 2.87. The van der Waals surface area contributed by atoms with E-state index in [1.807, 2.05) is 43.5 Å². The molecule has 0 aliphatic rings. The van der Waals surface area contributed by atoms with E-state index in [2.05, 4.69) is 5.32 Å². The van der Waals surface area contributed by atoms with Crippen LogP contribution in [-0.2, 0) is 21.4 Å². The molecule has 1 amide bonds. The molecule has 0 heterocycles. The number of nitrogens with one attached hydrogen (secondary N) is 1. The molecule has 168 valence electrons. The van der Waals surface area contributed by atoms with Crippen molar-refractivity contribution in [3.05, 3.63) is 95.8 Å². The smallest absolute Gasteiger partial charge is 0.243 e. The second-order valence-corrected chi connectivity index (χ2v) is 10.1. The van der Waals surface area contributed by atoms with Gasteiger partial charge >= 0.3 is 0 Å². The summed E-state index contributed by atoms with van der Waals surface area (Å²) >= 11 is 1.63. The number of hydrogen-bond donors (Lipinski definition) is 1. The number of nitrogens with zero attached hydrogens (tertiary/aromatic N) is 1. The van der Waals surface area contributed by atoms with Crippen molar-refractivity contribution < 1.29 is 17.6 Å². The van der Waals surface area contributed by atoms with Gasteiger partial charge in [-0.1, -0.05) is 42.5 Å². The first-order valence-corrected chi connectivity index (χ1v) is 12.7. The fraction of sp³-hybridized carbons (Fsp3) is 0.208. The molecule has 0 saturated carbocycles. The first-order valence-electron chi connectivity index (χ1n) is 10.0. The molecule has 1 unspecified atom stereocenters. The van der Waals surface area contributed by atoms with Crippen molar-refractivity contribution in [2.24, 2.45) is 0 Å². The Morgan fingerprint density at radius 2 is 1.62 bits per heavy atom. The molecule has 1 N–H and O–H groups in total. The molecule has 1 atom stereocenters. The highest BCUT2D eigenvalue weighted by molar-refractivity contribution is 7.98. The van der Waals surface area contributed by atoms with Crippen LogP contribution in [0, 0.1) is 5.82 Å². The van der Waals surface area contributed by atoms with Gasteiger partial charge in [-0.15, -0.1) is 11.8 Å². The van der Waals surface area contributed by atoms with Gasteiger partial charge in [-0.2, -0.15) is 4.31 Å². The number of benzene rings is 3. The minimum absolute atomic E-state index is 0.0186. The van der Waals surface area contributed by atoms with Crippen molar-refractivity contribution in [3.63, 3.8) is 0 Å². The van der Waals surface area contributed by atoms with Gasteiger partial charge in [0.05, 0.1) is 17.5 Å². The van der Waals surface area contributed by atoms with Gasteiger partial charge in [0.2, 0.25) is 15.9 Å². The van der Waals surface area contributed by atoms with Crippen molar-refractivity contribution >= 4 is 27.7 Å². The zero-order chi connectivity index (χ0) is 23.1. The highest BCUT2D eigenvalue weighted by atomic mass is 32.2. The third-order valence-electron chi connectivity index (χ3n) is 4.97. The summed E-state index contributed by atoms with van der Waals surface area (Å²) in [4.78, 5) is 13.9. The van der Waals surface area contributed by atoms with E-state index >= 15 is 0 Å². The van der Waals surface area contributed by atoms with Crippen LogP contribution in [0.3, 0.4) is 0 Å². The maximum absolute atomic E-state index is 13.3. The molecule has 0 aliphatic heterocycles. The van der Waals surface area contributed by atoms with E-state index < -0.39 is 21.7 Å². The summed E-state index contributed by atoms with van der Waals surface area (Å²) in [7, 11) is -4.02. The number of carbonyl (C=O) groups is 1. The zero-order valence-corrected chi connectivity index (χ0v) is 19.5. The average Bonchev–Trinajstić information content (AvgIpc) is 2.79. The van der Waals surface area contributed by atoms with Crippen LogP contribution >= 0.6 is 11.8 Å². The maximum Gasteiger partial charge on any atom is 0.243 e. The second kappa shape index (κ2) is 10.8. The number of carbonyl (C=O) groups excluding carboxylic acids is 1. The van der Waals surface area contributed by atoms with Crippen molar-refractivity contribution in [2.45, 2.75) is 29.3 Å². The third kappa shape index (κ3) is 6.18. The van der Waals surface area contributed by atoms with Crippen LogP contribution in [0.5, 0.6) is 0 Å². The summed E-state index contributed by atoms with van der Waals surface area (Å²) in [6.07, 6.45) is 1.99. The fourth-order valence-electron chi connectivity index (χ4n) is 3.19. The van der Waals surface area contributed by atoms with E-state index in [4.69, 9.17) is 0 Å². The minimum Gasteiger partial charge on any atom is -0.348 e. The Hall–Kier alpha value is -2.68. The molecule has 0 radical (unpaired) electrons. The molecule has 0 aromatic heterocycles. The number of amides is 1. The summed E-state index contributed by atoms with van der Waals surface area (Å²) in [5.74, 6) is -0.953. The third-order valence-corrected chi connectivity index (χ3v) is 7.52. The average molecular weight is 473 g/mol. The van der Waals surface area contributed by atoms with E-state index in [0.29, 0.717) is 0 Å². The van der Waals surface area contributed by atoms with Gasteiger partial charge in [-0.3, -0.25) is 4.79 Å². The van der Waals surface area contributed by atoms with Crippen LogP contribution in [0.15, 0.2) is 88.7 Å². The van der Waals surface area contributed by atoms with Crippen LogP contribution in [0.4, 0.5) is 4.39 Å². The number of hydrogen-bond acceptors (Lipinski definition) is 4. The highest BCUT2D eigenvalue weighted by Gasteiger charge is 2.27. The highest BCUT2D eigenvalue weighted by Crippen LogP contribution is 2.21. The molecule has 3 aromatic rings. The number of halogens is 1. The Morgan fingerprint density at radius 1 is 1.00 bits per heavy atom. The van der Waals surface area contributed by atoms with E-state index in [0.717, 1.165) is 32.5 Å². The molecule has 0 bridgehead atoms. The Balaban J connectivity index is 1.79. The van der Waals surface area contributed by atoms with Gasteiger partial charge in [-0.25, -0.2) is 12.8 Å². The van der Waals surface area contributed by atoms with Gasteiger partial charge in [0.25, 0.3) is 0 Å². The second-order valence-electron chi connectivity index (χ2n) is 7.27. The summed E-state index contributed by atoms with van der Waals surface area (Å²) in [6, 6.07) is 21.2. The van der Waals surface area contributed by atoms with Crippen LogP contribution in [0.25, 0.3) is 0 Å². The zero-order valence-electron chi connectivity index (χ0n) is 17.9. The van der Waals surface area contributed by atoms with Gasteiger partial charge in [0.15, 0.2) is 0 Å². The predicted octanol–water partition coefficient (Wildman–Crippen LogP) is 4.62. The lowest BCUT2D eigenvalue weighted by Crippen LogP contribution is -2.41. The lowest BCUT2D eigenvalue weighted by Gasteiger charge is -2.23. The van der Waals surface area contributed by atoms with Crippen molar-refractivity contribution in [1.82, 2.24) is 9.62 Å². The normalized spacial score (nSPS) is 12.5. The summed E-state index contributed by atoms with van der Waals surface area (Å²) < 4.78 is 40.9. The summed E-state index contributed by atoms with van der Waals surface area (Å²) in [5.41, 5.74) is 1.67. The lowest BCUT2D eigenvalue weighted by atomic mass is 10.1. The predicted molar refractivity (Wildman–Crippen MR) is 125 cm³/mol. The van der Waals surface area contributed by atoms with Crippen LogP contribution in [0.1, 0.15) is 24.1 Å². The van der Waals surface area contributed by atoms with Crippen molar-refractivity contribution in [1.29, 1.82) is 0 Å². The quantitative estimate of drug-likeness (QED) is 0.462. The van der Waals surface area contributed by atoms with E-state index in [9.17, 15) is 17.6 Å². The topological polar surface area (TPSA) is 66.5 Å². The lowest BCUT2D eigenvalue weighted by molar-refractivity contribution is -0.122. The molecule has 0 saturated heterocycles. The Bertz CT molecular complexity index is 1140. The standard InChI is InChI=1S/C24H25FN2O3S2/c1-18(20-8-12-22(31-2)13-9-20)26-24(28)17-27(16-19-6-4-3-5-7-19)32(29,30)23-14-10-21(25)11-15-23/h3-15,18H,16-17H2,1-2H3,(H,26,28). The first kappa shape index (κ1) is 24.0. The van der Waals surface area contributed by atoms with E-state index in [1.54, 1.807) is 36.0 Å². The molecule has 5 nitrogen and oxygen atoms in total. The molecule has 3 aromatic carbocycles. The fourth-order valence-corrected chi connectivity index (χ4v) is 4.98. The van der Waals surface area contributed by atoms with Gasteiger partial charge in [-0.05, 0) is 60.7 Å². The molecular weight excluding hydrogens is 447 g/mol. The molecule has 0 aliphatic carbocycles.